The Morgan fingerprint density at radius 1 is 0.731 bits per heavy atom. The second kappa shape index (κ2) is 11.8. The Balaban J connectivity index is 5.29. The van der Waals surface area contributed by atoms with Gasteiger partial charge >= 0.3 is 11.9 Å². The molecule has 0 aliphatic rings. The number of rotatable bonds is 9. The first-order chi connectivity index (χ1) is 11.8. The maximum atomic E-state index is 12.2. The summed E-state index contributed by atoms with van der Waals surface area (Å²) in [5.74, 6) is -0.551. The molecular weight excluding hydrogens is 600 g/mol. The van der Waals surface area contributed by atoms with Crippen LogP contribution in [0.3, 0.4) is 0 Å². The van der Waals surface area contributed by atoms with E-state index in [1.807, 2.05) is 41.5 Å². The minimum absolute atomic E-state index is 0.0321. The van der Waals surface area contributed by atoms with Gasteiger partial charge in [-0.3, -0.25) is 9.59 Å². The van der Waals surface area contributed by atoms with Crippen molar-refractivity contribution in [3.63, 3.8) is 0 Å². The third kappa shape index (κ3) is 9.37. The summed E-state index contributed by atoms with van der Waals surface area (Å²) in [6.07, 6.45) is 0. The molecule has 4 nitrogen and oxygen atoms in total. The predicted octanol–water partition coefficient (Wildman–Crippen LogP) is 5.71. The van der Waals surface area contributed by atoms with Gasteiger partial charge in [0.2, 0.25) is 0 Å². The lowest BCUT2D eigenvalue weighted by Crippen LogP contribution is -2.40. The van der Waals surface area contributed by atoms with Crippen LogP contribution in [0.5, 0.6) is 0 Å². The van der Waals surface area contributed by atoms with Crippen molar-refractivity contribution in [1.82, 2.24) is 0 Å². The summed E-state index contributed by atoms with van der Waals surface area (Å²) in [6.45, 7) is 11.5. The van der Waals surface area contributed by atoms with Gasteiger partial charge in [-0.25, -0.2) is 0 Å². The van der Waals surface area contributed by atoms with Crippen LogP contribution in [0.2, 0.25) is 0 Å². The minimum Gasteiger partial charge on any atom is -0.465 e. The topological polar surface area (TPSA) is 52.6 Å². The van der Waals surface area contributed by atoms with Crippen molar-refractivity contribution >= 4 is 75.7 Å². The molecule has 4 atom stereocenters. The van der Waals surface area contributed by atoms with Crippen LogP contribution < -0.4 is 0 Å². The monoisotopic (exact) mass is 626 g/mol. The second-order valence-corrected chi connectivity index (χ2v) is 12.0. The van der Waals surface area contributed by atoms with E-state index >= 15 is 0 Å². The maximum Gasteiger partial charge on any atom is 0.311 e. The largest absolute Gasteiger partial charge is 0.465 e. The molecule has 0 amide bonds. The second-order valence-electron chi connectivity index (χ2n) is 8.37. The molecule has 154 valence electrons. The van der Waals surface area contributed by atoms with Crippen molar-refractivity contribution in [3.8, 4) is 0 Å². The fourth-order valence-electron chi connectivity index (χ4n) is 2.00. The van der Waals surface area contributed by atoms with Gasteiger partial charge in [0, 0.05) is 32.2 Å². The molecule has 0 aromatic rings. The van der Waals surface area contributed by atoms with Gasteiger partial charge < -0.3 is 9.47 Å². The molecule has 0 heterocycles. The highest BCUT2D eigenvalue weighted by Gasteiger charge is 2.36. The van der Waals surface area contributed by atoms with Crippen molar-refractivity contribution in [1.29, 1.82) is 0 Å². The number of carbonyl (C=O) groups is 2. The molecule has 0 N–H and O–H groups in total. The van der Waals surface area contributed by atoms with Crippen LogP contribution in [0, 0.1) is 22.7 Å². The lowest BCUT2D eigenvalue weighted by molar-refractivity contribution is -0.158. The van der Waals surface area contributed by atoms with Crippen molar-refractivity contribution in [2.24, 2.45) is 22.7 Å². The highest BCUT2D eigenvalue weighted by atomic mass is 79.9. The van der Waals surface area contributed by atoms with Gasteiger partial charge in [0.05, 0.1) is 24.0 Å². The van der Waals surface area contributed by atoms with Gasteiger partial charge in [-0.1, -0.05) is 63.7 Å². The van der Waals surface area contributed by atoms with Gasteiger partial charge in [0.15, 0.2) is 0 Å². The van der Waals surface area contributed by atoms with Crippen LogP contribution in [0.1, 0.15) is 41.5 Å². The first kappa shape index (κ1) is 26.9. The highest BCUT2D eigenvalue weighted by molar-refractivity contribution is 9.12. The lowest BCUT2D eigenvalue weighted by atomic mass is 9.88. The van der Waals surface area contributed by atoms with Crippen LogP contribution in [0.4, 0.5) is 0 Å². The van der Waals surface area contributed by atoms with Gasteiger partial charge in [-0.15, -0.1) is 0 Å². The maximum absolute atomic E-state index is 12.2. The molecule has 8 heteroatoms. The molecule has 0 aromatic heterocycles. The number of hydrogen-bond acceptors (Lipinski definition) is 4. The zero-order chi connectivity index (χ0) is 20.7. The van der Waals surface area contributed by atoms with Crippen LogP contribution in [0.25, 0.3) is 0 Å². The molecule has 0 saturated carbocycles. The smallest absolute Gasteiger partial charge is 0.311 e. The number of hydrogen-bond donors (Lipinski definition) is 0. The molecule has 26 heavy (non-hydrogen) atoms. The Morgan fingerprint density at radius 3 is 1.19 bits per heavy atom. The quantitative estimate of drug-likeness (QED) is 0.242. The summed E-state index contributed by atoms with van der Waals surface area (Å²) in [5.41, 5.74) is -1.11. The average Bonchev–Trinajstić information content (AvgIpc) is 2.53. The number of halogens is 4. The van der Waals surface area contributed by atoms with Crippen LogP contribution in [-0.2, 0) is 19.1 Å². The standard InChI is InChI=1S/C18H30Br4O4/c1-17(2,3)15(23)25-9-11(13(21)7-19)12(14(22)8-20)10-26-16(24)18(4,5)6/h11-14H,7-10H2,1-6H3/t11-,12+,13?,14?. The number of ether oxygens (including phenoxy) is 2. The molecule has 0 aliphatic carbocycles. The Bertz CT molecular complexity index is 415. The molecule has 0 fully saturated rings. The van der Waals surface area contributed by atoms with E-state index in [0.29, 0.717) is 10.7 Å². The molecule has 0 radical (unpaired) electrons. The van der Waals surface area contributed by atoms with E-state index in [1.165, 1.54) is 0 Å². The first-order valence-corrected chi connectivity index (χ1v) is 12.6. The summed E-state index contributed by atoms with van der Waals surface area (Å²) >= 11 is 14.3. The molecular formula is C18H30Br4O4. The number of esters is 2. The van der Waals surface area contributed by atoms with Crippen molar-refractivity contribution in [3.05, 3.63) is 0 Å². The first-order valence-electron chi connectivity index (χ1n) is 8.50. The van der Waals surface area contributed by atoms with Gasteiger partial charge in [0.25, 0.3) is 0 Å². The molecule has 0 aromatic carbocycles. The predicted molar refractivity (Wildman–Crippen MR) is 121 cm³/mol. The Hall–Kier alpha value is 0.860. The lowest BCUT2D eigenvalue weighted by Gasteiger charge is -2.33. The fraction of sp³-hybridized carbons (Fsp3) is 0.889. The van der Waals surface area contributed by atoms with E-state index in [0.717, 1.165) is 0 Å². The fourth-order valence-corrected chi connectivity index (χ4v) is 4.05. The van der Waals surface area contributed by atoms with Crippen LogP contribution in [-0.4, -0.2) is 45.5 Å². The van der Waals surface area contributed by atoms with E-state index in [-0.39, 0.29) is 46.6 Å². The molecule has 0 aliphatic heterocycles. The normalized spacial score (nSPS) is 17.2. The van der Waals surface area contributed by atoms with Crippen molar-refractivity contribution < 1.29 is 19.1 Å². The summed E-state index contributed by atoms with van der Waals surface area (Å²) in [4.78, 5) is 24.5. The summed E-state index contributed by atoms with van der Waals surface area (Å²) in [7, 11) is 0. The number of alkyl halides is 4. The zero-order valence-electron chi connectivity index (χ0n) is 16.3. The van der Waals surface area contributed by atoms with E-state index in [9.17, 15) is 9.59 Å². The summed E-state index contributed by atoms with van der Waals surface area (Å²) in [5, 5.41) is 1.38. The van der Waals surface area contributed by atoms with Gasteiger partial charge in [-0.05, 0) is 41.5 Å². The Morgan fingerprint density at radius 2 is 1.00 bits per heavy atom. The molecule has 0 saturated heterocycles. The van der Waals surface area contributed by atoms with Crippen molar-refractivity contribution in [2.45, 2.75) is 51.2 Å². The number of carbonyl (C=O) groups excluding carboxylic acids is 2. The van der Waals surface area contributed by atoms with E-state index in [4.69, 9.17) is 9.47 Å². The summed E-state index contributed by atoms with van der Waals surface area (Å²) < 4.78 is 11.1. The Labute approximate surface area is 191 Å². The molecule has 0 bridgehead atoms. The highest BCUT2D eigenvalue weighted by Crippen LogP contribution is 2.32. The Kier molecular flexibility index (Phi) is 12.2. The van der Waals surface area contributed by atoms with Gasteiger partial charge in [-0.2, -0.15) is 0 Å². The third-order valence-corrected chi connectivity index (χ3v) is 8.95. The molecule has 0 spiro atoms. The van der Waals surface area contributed by atoms with Crippen LogP contribution in [0.15, 0.2) is 0 Å². The molecule has 0 rings (SSSR count). The average molecular weight is 630 g/mol. The summed E-state index contributed by atoms with van der Waals surface area (Å²) in [6, 6.07) is 0. The van der Waals surface area contributed by atoms with Crippen molar-refractivity contribution in [2.75, 3.05) is 23.9 Å². The van der Waals surface area contributed by atoms with E-state index in [2.05, 4.69) is 63.7 Å². The molecule has 2 unspecified atom stereocenters. The van der Waals surface area contributed by atoms with Gasteiger partial charge in [0.1, 0.15) is 0 Å². The third-order valence-electron chi connectivity index (χ3n) is 3.81. The minimum atomic E-state index is -0.557. The van der Waals surface area contributed by atoms with E-state index in [1.54, 1.807) is 0 Å². The van der Waals surface area contributed by atoms with E-state index < -0.39 is 10.8 Å². The zero-order valence-corrected chi connectivity index (χ0v) is 22.6. The van der Waals surface area contributed by atoms with Crippen LogP contribution >= 0.6 is 63.7 Å². The SMILES string of the molecule is CC(C)(C)C(=O)OC[C@H](C(Br)CBr)[C@@H](COC(=O)C(C)(C)C)C(Br)CBr.